The van der Waals surface area contributed by atoms with Gasteiger partial charge in [-0.2, -0.15) is 0 Å². The van der Waals surface area contributed by atoms with Gasteiger partial charge in [-0.1, -0.05) is 0 Å². The molecule has 0 heterocycles. The van der Waals surface area contributed by atoms with Crippen LogP contribution in [0.1, 0.15) is 30.1 Å². The third-order valence-electron chi connectivity index (χ3n) is 3.03. The van der Waals surface area contributed by atoms with Crippen LogP contribution in [0.3, 0.4) is 0 Å². The van der Waals surface area contributed by atoms with Crippen LogP contribution in [0.25, 0.3) is 0 Å². The van der Waals surface area contributed by atoms with E-state index in [2.05, 4.69) is 5.32 Å². The van der Waals surface area contributed by atoms with Gasteiger partial charge >= 0.3 is 0 Å². The SMILES string of the molecule is C[C@@H](CN)NC(=O)c1ccc(OCC2CC2)cc1. The van der Waals surface area contributed by atoms with Crippen LogP contribution >= 0.6 is 0 Å². The highest BCUT2D eigenvalue weighted by Crippen LogP contribution is 2.29. The van der Waals surface area contributed by atoms with Crippen molar-refractivity contribution in [2.24, 2.45) is 11.7 Å². The Morgan fingerprint density at radius 3 is 2.67 bits per heavy atom. The minimum Gasteiger partial charge on any atom is -0.493 e. The van der Waals surface area contributed by atoms with Gasteiger partial charge in [-0.25, -0.2) is 0 Å². The number of nitrogens with one attached hydrogen (secondary N) is 1. The van der Waals surface area contributed by atoms with E-state index in [9.17, 15) is 4.79 Å². The van der Waals surface area contributed by atoms with Crippen molar-refractivity contribution in [1.29, 1.82) is 0 Å². The van der Waals surface area contributed by atoms with Gasteiger partial charge in [0.05, 0.1) is 6.61 Å². The van der Waals surface area contributed by atoms with Crippen molar-refractivity contribution in [1.82, 2.24) is 5.32 Å². The van der Waals surface area contributed by atoms with Crippen molar-refractivity contribution in [3.63, 3.8) is 0 Å². The van der Waals surface area contributed by atoms with Gasteiger partial charge in [0.2, 0.25) is 0 Å². The van der Waals surface area contributed by atoms with Crippen LogP contribution in [0, 0.1) is 5.92 Å². The standard InChI is InChI=1S/C14H20N2O2/c1-10(8-15)16-14(17)12-4-6-13(7-5-12)18-9-11-2-3-11/h4-7,10-11H,2-3,8-9,15H2,1H3,(H,16,17)/t10-/m0/s1. The van der Waals surface area contributed by atoms with Gasteiger partial charge in [-0.05, 0) is 49.9 Å². The Morgan fingerprint density at radius 2 is 2.11 bits per heavy atom. The number of carbonyl (C=O) groups excluding carboxylic acids is 1. The largest absolute Gasteiger partial charge is 0.493 e. The average molecular weight is 248 g/mol. The minimum absolute atomic E-state index is 0.0108. The summed E-state index contributed by atoms with van der Waals surface area (Å²) in [4.78, 5) is 11.8. The molecule has 0 radical (unpaired) electrons. The monoisotopic (exact) mass is 248 g/mol. The molecule has 1 saturated carbocycles. The van der Waals surface area contributed by atoms with Crippen molar-refractivity contribution in [2.45, 2.75) is 25.8 Å². The van der Waals surface area contributed by atoms with E-state index in [-0.39, 0.29) is 11.9 Å². The van der Waals surface area contributed by atoms with Crippen LogP contribution in [0.15, 0.2) is 24.3 Å². The van der Waals surface area contributed by atoms with E-state index < -0.39 is 0 Å². The molecular weight excluding hydrogens is 228 g/mol. The molecule has 0 aliphatic heterocycles. The first-order chi connectivity index (χ1) is 8.69. The van der Waals surface area contributed by atoms with E-state index in [1.54, 1.807) is 12.1 Å². The second kappa shape index (κ2) is 5.87. The summed E-state index contributed by atoms with van der Waals surface area (Å²) in [5, 5.41) is 2.82. The molecule has 1 amide bonds. The molecule has 1 aliphatic rings. The fraction of sp³-hybridized carbons (Fsp3) is 0.500. The Hall–Kier alpha value is -1.55. The highest BCUT2D eigenvalue weighted by atomic mass is 16.5. The van der Waals surface area contributed by atoms with Gasteiger partial charge in [-0.15, -0.1) is 0 Å². The molecule has 0 aromatic heterocycles. The molecule has 4 heteroatoms. The fourth-order valence-electron chi connectivity index (χ4n) is 1.57. The molecule has 18 heavy (non-hydrogen) atoms. The summed E-state index contributed by atoms with van der Waals surface area (Å²) in [6.07, 6.45) is 2.55. The Labute approximate surface area is 108 Å². The maximum Gasteiger partial charge on any atom is 0.251 e. The second-order valence-corrected chi connectivity index (χ2v) is 4.89. The molecule has 0 unspecified atom stereocenters. The highest BCUT2D eigenvalue weighted by Gasteiger charge is 2.21. The summed E-state index contributed by atoms with van der Waals surface area (Å²) in [6.45, 7) is 3.11. The Kier molecular flexibility index (Phi) is 4.20. The quantitative estimate of drug-likeness (QED) is 0.803. The highest BCUT2D eigenvalue weighted by molar-refractivity contribution is 5.94. The number of hydrogen-bond donors (Lipinski definition) is 2. The van der Waals surface area contributed by atoms with Crippen LogP contribution in [-0.2, 0) is 0 Å². The molecule has 4 nitrogen and oxygen atoms in total. The van der Waals surface area contributed by atoms with E-state index in [1.165, 1.54) is 12.8 Å². The summed E-state index contributed by atoms with van der Waals surface area (Å²) in [5.41, 5.74) is 6.09. The van der Waals surface area contributed by atoms with E-state index in [0.717, 1.165) is 18.3 Å². The molecule has 2 rings (SSSR count). The number of hydrogen-bond acceptors (Lipinski definition) is 3. The Bertz CT molecular complexity index is 399. The number of ether oxygens (including phenoxy) is 1. The third kappa shape index (κ3) is 3.74. The molecule has 3 N–H and O–H groups in total. The molecule has 0 saturated heterocycles. The minimum atomic E-state index is -0.0957. The van der Waals surface area contributed by atoms with E-state index in [4.69, 9.17) is 10.5 Å². The van der Waals surface area contributed by atoms with E-state index in [1.807, 2.05) is 19.1 Å². The van der Waals surface area contributed by atoms with Gasteiger partial charge < -0.3 is 15.8 Å². The van der Waals surface area contributed by atoms with Crippen LogP contribution in [0.5, 0.6) is 5.75 Å². The topological polar surface area (TPSA) is 64.3 Å². The molecule has 0 spiro atoms. The van der Waals surface area contributed by atoms with Crippen molar-refractivity contribution >= 4 is 5.91 Å². The number of nitrogens with two attached hydrogens (primary N) is 1. The normalized spacial score (nSPS) is 16.1. The zero-order valence-electron chi connectivity index (χ0n) is 10.7. The summed E-state index contributed by atoms with van der Waals surface area (Å²) in [5.74, 6) is 1.46. The smallest absolute Gasteiger partial charge is 0.251 e. The lowest BCUT2D eigenvalue weighted by Crippen LogP contribution is -2.37. The van der Waals surface area contributed by atoms with Gasteiger partial charge in [-0.3, -0.25) is 4.79 Å². The first-order valence-corrected chi connectivity index (χ1v) is 6.43. The maximum absolute atomic E-state index is 11.8. The maximum atomic E-state index is 11.8. The first-order valence-electron chi connectivity index (χ1n) is 6.43. The predicted octanol–water partition coefficient (Wildman–Crippen LogP) is 1.55. The lowest BCUT2D eigenvalue weighted by Gasteiger charge is -2.11. The van der Waals surface area contributed by atoms with Gasteiger partial charge in [0, 0.05) is 18.2 Å². The van der Waals surface area contributed by atoms with Crippen molar-refractivity contribution in [3.05, 3.63) is 29.8 Å². The summed E-state index contributed by atoms with van der Waals surface area (Å²) in [6, 6.07) is 7.22. The van der Waals surface area contributed by atoms with Gasteiger partial charge in [0.15, 0.2) is 0 Å². The summed E-state index contributed by atoms with van der Waals surface area (Å²) in [7, 11) is 0. The summed E-state index contributed by atoms with van der Waals surface area (Å²) < 4.78 is 5.62. The van der Waals surface area contributed by atoms with Crippen LogP contribution < -0.4 is 15.8 Å². The van der Waals surface area contributed by atoms with Crippen LogP contribution in [0.4, 0.5) is 0 Å². The Balaban J connectivity index is 1.87. The zero-order chi connectivity index (χ0) is 13.0. The lowest BCUT2D eigenvalue weighted by atomic mass is 10.2. The zero-order valence-corrected chi connectivity index (χ0v) is 10.7. The molecule has 98 valence electrons. The van der Waals surface area contributed by atoms with Gasteiger partial charge in [0.25, 0.3) is 5.91 Å². The fourth-order valence-corrected chi connectivity index (χ4v) is 1.57. The third-order valence-corrected chi connectivity index (χ3v) is 3.03. The number of amides is 1. The second-order valence-electron chi connectivity index (χ2n) is 4.89. The molecule has 1 aliphatic carbocycles. The van der Waals surface area contributed by atoms with Crippen molar-refractivity contribution in [3.8, 4) is 5.75 Å². The summed E-state index contributed by atoms with van der Waals surface area (Å²) >= 11 is 0. The van der Waals surface area contributed by atoms with Crippen LogP contribution in [0.2, 0.25) is 0 Å². The molecule has 1 aromatic rings. The first kappa shape index (κ1) is 12.9. The Morgan fingerprint density at radius 1 is 1.44 bits per heavy atom. The van der Waals surface area contributed by atoms with Gasteiger partial charge in [0.1, 0.15) is 5.75 Å². The molecular formula is C14H20N2O2. The number of carbonyl (C=O) groups is 1. The van der Waals surface area contributed by atoms with Crippen LogP contribution in [-0.4, -0.2) is 25.1 Å². The lowest BCUT2D eigenvalue weighted by molar-refractivity contribution is 0.0941. The molecule has 1 aromatic carbocycles. The molecule has 1 fully saturated rings. The van der Waals surface area contributed by atoms with E-state index >= 15 is 0 Å². The van der Waals surface area contributed by atoms with Crippen molar-refractivity contribution < 1.29 is 9.53 Å². The molecule has 0 bridgehead atoms. The molecule has 1 atom stereocenters. The number of benzene rings is 1. The van der Waals surface area contributed by atoms with E-state index in [0.29, 0.717) is 12.1 Å². The predicted molar refractivity (Wildman–Crippen MR) is 70.6 cm³/mol. The number of rotatable bonds is 6. The van der Waals surface area contributed by atoms with Crippen molar-refractivity contribution in [2.75, 3.05) is 13.2 Å². The average Bonchev–Trinajstić information content (AvgIpc) is 3.20.